The molecular weight excluding hydrogens is 272 g/mol. The van der Waals surface area contributed by atoms with Crippen LogP contribution in [-0.2, 0) is 11.3 Å². The quantitative estimate of drug-likeness (QED) is 0.944. The van der Waals surface area contributed by atoms with Crippen molar-refractivity contribution in [2.45, 2.75) is 19.5 Å². The third-order valence-corrected chi connectivity index (χ3v) is 4.55. The van der Waals surface area contributed by atoms with E-state index >= 15 is 0 Å². The zero-order valence-electron chi connectivity index (χ0n) is 11.5. The molecule has 0 saturated carbocycles. The smallest absolute Gasteiger partial charge is 0.115 e. The summed E-state index contributed by atoms with van der Waals surface area (Å²) >= 11 is 1.70. The van der Waals surface area contributed by atoms with Crippen LogP contribution in [0, 0.1) is 6.92 Å². The molecule has 3 rings (SSSR count). The minimum Gasteiger partial charge on any atom is -0.508 e. The number of nitrogens with zero attached hydrogens (tertiary/aromatic N) is 2. The summed E-state index contributed by atoms with van der Waals surface area (Å²) in [6, 6.07) is 7.64. The number of phenols is 1. The number of rotatable bonds is 3. The van der Waals surface area contributed by atoms with Gasteiger partial charge in [0, 0.05) is 24.2 Å². The molecule has 1 aromatic heterocycles. The van der Waals surface area contributed by atoms with Crippen molar-refractivity contribution in [2.24, 2.45) is 0 Å². The van der Waals surface area contributed by atoms with Gasteiger partial charge in [-0.2, -0.15) is 0 Å². The van der Waals surface area contributed by atoms with E-state index in [9.17, 15) is 5.11 Å². The van der Waals surface area contributed by atoms with Crippen molar-refractivity contribution in [3.63, 3.8) is 0 Å². The summed E-state index contributed by atoms with van der Waals surface area (Å²) in [5, 5.41) is 12.6. The first-order chi connectivity index (χ1) is 9.72. The fourth-order valence-electron chi connectivity index (χ4n) is 2.42. The molecule has 1 fully saturated rings. The Kier molecular flexibility index (Phi) is 4.00. The molecule has 0 bridgehead atoms. The van der Waals surface area contributed by atoms with Crippen molar-refractivity contribution in [3.05, 3.63) is 45.9 Å². The van der Waals surface area contributed by atoms with E-state index in [1.807, 2.05) is 19.1 Å². The predicted molar refractivity (Wildman–Crippen MR) is 78.9 cm³/mol. The van der Waals surface area contributed by atoms with Crippen LogP contribution in [0.15, 0.2) is 29.6 Å². The van der Waals surface area contributed by atoms with Gasteiger partial charge in [-0.3, -0.25) is 4.90 Å². The summed E-state index contributed by atoms with van der Waals surface area (Å²) < 4.78 is 5.62. The molecule has 106 valence electrons. The molecule has 1 aromatic carbocycles. The van der Waals surface area contributed by atoms with Gasteiger partial charge in [0.05, 0.1) is 19.3 Å². The summed E-state index contributed by atoms with van der Waals surface area (Å²) in [6.07, 6.45) is 0. The molecule has 5 heteroatoms. The van der Waals surface area contributed by atoms with Gasteiger partial charge in [-0.1, -0.05) is 12.1 Å². The van der Waals surface area contributed by atoms with Crippen LogP contribution in [0.25, 0.3) is 0 Å². The second-order valence-electron chi connectivity index (χ2n) is 5.05. The highest BCUT2D eigenvalue weighted by Crippen LogP contribution is 2.28. The lowest BCUT2D eigenvalue weighted by Crippen LogP contribution is -2.38. The van der Waals surface area contributed by atoms with E-state index in [1.165, 1.54) is 5.56 Å². The van der Waals surface area contributed by atoms with Crippen molar-refractivity contribution in [1.29, 1.82) is 0 Å². The molecule has 0 aliphatic carbocycles. The molecule has 1 aliphatic rings. The second-order valence-corrected chi connectivity index (χ2v) is 5.94. The fraction of sp³-hybridized carbons (Fsp3) is 0.400. The number of ether oxygens (including phenoxy) is 1. The molecule has 1 aliphatic heterocycles. The van der Waals surface area contributed by atoms with Crippen LogP contribution in [-0.4, -0.2) is 34.7 Å². The maximum atomic E-state index is 9.35. The Bertz CT molecular complexity index is 568. The first-order valence-electron chi connectivity index (χ1n) is 6.74. The minimum atomic E-state index is 0.233. The topological polar surface area (TPSA) is 45.6 Å². The minimum absolute atomic E-state index is 0.233. The van der Waals surface area contributed by atoms with E-state index in [2.05, 4.69) is 15.3 Å². The highest BCUT2D eigenvalue weighted by molar-refractivity contribution is 7.09. The highest BCUT2D eigenvalue weighted by Gasteiger charge is 2.26. The first kappa shape index (κ1) is 13.5. The molecule has 4 nitrogen and oxygen atoms in total. The number of hydrogen-bond acceptors (Lipinski definition) is 5. The van der Waals surface area contributed by atoms with E-state index in [-0.39, 0.29) is 6.04 Å². The lowest BCUT2D eigenvalue weighted by molar-refractivity contribution is -0.0128. The van der Waals surface area contributed by atoms with Gasteiger partial charge >= 0.3 is 0 Å². The number of phenolic OH excluding ortho intramolecular Hbond substituents is 1. The van der Waals surface area contributed by atoms with Gasteiger partial charge < -0.3 is 9.84 Å². The van der Waals surface area contributed by atoms with Crippen molar-refractivity contribution in [3.8, 4) is 5.75 Å². The lowest BCUT2D eigenvalue weighted by Gasteiger charge is -2.34. The fourth-order valence-corrected chi connectivity index (χ4v) is 3.33. The number of morpholine rings is 1. The van der Waals surface area contributed by atoms with E-state index in [0.29, 0.717) is 12.4 Å². The molecule has 1 unspecified atom stereocenters. The number of aryl methyl sites for hydroxylation is 1. The zero-order valence-corrected chi connectivity index (χ0v) is 12.3. The number of thiazole rings is 1. The molecule has 1 N–H and O–H groups in total. The third-order valence-electron chi connectivity index (χ3n) is 3.48. The normalized spacial score (nSPS) is 20.1. The van der Waals surface area contributed by atoms with Crippen molar-refractivity contribution in [2.75, 3.05) is 19.8 Å². The van der Waals surface area contributed by atoms with Crippen molar-refractivity contribution >= 4 is 11.3 Å². The average Bonchev–Trinajstić information content (AvgIpc) is 2.88. The SMILES string of the molecule is Cc1csc(C2COCCN2Cc2ccc(O)cc2)n1. The van der Waals surface area contributed by atoms with Gasteiger partial charge in [0.25, 0.3) is 0 Å². The molecule has 1 saturated heterocycles. The van der Waals surface area contributed by atoms with E-state index in [1.54, 1.807) is 23.5 Å². The van der Waals surface area contributed by atoms with E-state index < -0.39 is 0 Å². The van der Waals surface area contributed by atoms with Crippen LogP contribution in [0.3, 0.4) is 0 Å². The summed E-state index contributed by atoms with van der Waals surface area (Å²) in [7, 11) is 0. The van der Waals surface area contributed by atoms with Gasteiger partial charge in [0.15, 0.2) is 0 Å². The molecule has 20 heavy (non-hydrogen) atoms. The van der Waals surface area contributed by atoms with Gasteiger partial charge in [-0.05, 0) is 24.6 Å². The van der Waals surface area contributed by atoms with Crippen LogP contribution >= 0.6 is 11.3 Å². The van der Waals surface area contributed by atoms with Gasteiger partial charge in [-0.15, -0.1) is 11.3 Å². The Hall–Kier alpha value is -1.43. The second kappa shape index (κ2) is 5.91. The number of hydrogen-bond donors (Lipinski definition) is 1. The third kappa shape index (κ3) is 3.00. The summed E-state index contributed by atoms with van der Waals surface area (Å²) in [6.45, 7) is 5.25. The van der Waals surface area contributed by atoms with Crippen LogP contribution < -0.4 is 0 Å². The number of aromatic hydroxyl groups is 1. The molecule has 2 aromatic rings. The molecule has 2 heterocycles. The molecule has 0 amide bonds. The average molecular weight is 290 g/mol. The molecule has 0 spiro atoms. The Morgan fingerprint density at radius 2 is 2.20 bits per heavy atom. The van der Waals surface area contributed by atoms with E-state index in [0.717, 1.165) is 30.4 Å². The lowest BCUT2D eigenvalue weighted by atomic mass is 10.1. The molecule has 1 atom stereocenters. The standard InChI is InChI=1S/C15H18N2O2S/c1-11-10-20-15(16-11)14-9-19-7-6-17(14)8-12-2-4-13(18)5-3-12/h2-5,10,14,18H,6-9H2,1H3. The summed E-state index contributed by atoms with van der Waals surface area (Å²) in [5.74, 6) is 0.308. The Labute approximate surface area is 122 Å². The zero-order chi connectivity index (χ0) is 13.9. The van der Waals surface area contributed by atoms with Gasteiger partial charge in [0.1, 0.15) is 10.8 Å². The Balaban J connectivity index is 1.77. The van der Waals surface area contributed by atoms with Crippen molar-refractivity contribution < 1.29 is 9.84 Å². The largest absolute Gasteiger partial charge is 0.508 e. The van der Waals surface area contributed by atoms with E-state index in [4.69, 9.17) is 4.74 Å². The van der Waals surface area contributed by atoms with Crippen LogP contribution in [0.1, 0.15) is 22.3 Å². The number of benzene rings is 1. The monoisotopic (exact) mass is 290 g/mol. The maximum Gasteiger partial charge on any atom is 0.115 e. The predicted octanol–water partition coefficient (Wildman–Crippen LogP) is 2.73. The molecule has 0 radical (unpaired) electrons. The first-order valence-corrected chi connectivity index (χ1v) is 7.62. The molecular formula is C15H18N2O2S. The Morgan fingerprint density at radius 3 is 2.90 bits per heavy atom. The van der Waals surface area contributed by atoms with Gasteiger partial charge in [0.2, 0.25) is 0 Å². The van der Waals surface area contributed by atoms with Crippen LogP contribution in [0.2, 0.25) is 0 Å². The maximum absolute atomic E-state index is 9.35. The van der Waals surface area contributed by atoms with Gasteiger partial charge in [-0.25, -0.2) is 4.98 Å². The number of aromatic nitrogens is 1. The summed E-state index contributed by atoms with van der Waals surface area (Å²) in [4.78, 5) is 6.99. The Morgan fingerprint density at radius 1 is 1.40 bits per heavy atom. The van der Waals surface area contributed by atoms with Crippen LogP contribution in [0.5, 0.6) is 5.75 Å². The highest BCUT2D eigenvalue weighted by atomic mass is 32.1. The van der Waals surface area contributed by atoms with Crippen LogP contribution in [0.4, 0.5) is 0 Å². The summed E-state index contributed by atoms with van der Waals surface area (Å²) in [5.41, 5.74) is 2.27. The van der Waals surface area contributed by atoms with Crippen molar-refractivity contribution in [1.82, 2.24) is 9.88 Å².